The Morgan fingerprint density at radius 2 is 1.67 bits per heavy atom. The molecule has 27 heavy (non-hydrogen) atoms. The Bertz CT molecular complexity index is 874. The molecule has 1 aliphatic heterocycles. The molecule has 2 aromatic rings. The summed E-state index contributed by atoms with van der Waals surface area (Å²) < 4.78 is 4.40. The summed E-state index contributed by atoms with van der Waals surface area (Å²) in [6.07, 6.45) is 3.67. The average molecular weight is 401 g/mol. The topological polar surface area (TPSA) is 88.5 Å². The Hall–Kier alpha value is -1.68. The number of aromatic nitrogens is 4. The first-order chi connectivity index (χ1) is 12.5. The van der Waals surface area contributed by atoms with Gasteiger partial charge in [-0.15, -0.1) is 12.4 Å². The number of hydrogen-bond acceptors (Lipinski definition) is 6. The lowest BCUT2D eigenvalue weighted by Gasteiger charge is -2.21. The van der Waals surface area contributed by atoms with E-state index >= 15 is 0 Å². The van der Waals surface area contributed by atoms with Crippen molar-refractivity contribution in [2.45, 2.75) is 19.4 Å². The summed E-state index contributed by atoms with van der Waals surface area (Å²) in [5.74, 6) is 0. The standard InChI is InChI=1S/C17H28N6O3.ClH/c1-19-15-14(16(25)20(2)17(19)26)23(13-18-15)8-4-7-21-5-3-6-22(10-9-21)11-12-24;/h13,24H,3-12H2,1-2H3;1H. The maximum Gasteiger partial charge on any atom is 0.332 e. The Labute approximate surface area is 164 Å². The van der Waals surface area contributed by atoms with Crippen LogP contribution >= 0.6 is 12.4 Å². The van der Waals surface area contributed by atoms with Gasteiger partial charge in [0.2, 0.25) is 0 Å². The molecule has 0 unspecified atom stereocenters. The second-order valence-corrected chi connectivity index (χ2v) is 6.93. The van der Waals surface area contributed by atoms with Crippen LogP contribution in [0.3, 0.4) is 0 Å². The monoisotopic (exact) mass is 400 g/mol. The summed E-state index contributed by atoms with van der Waals surface area (Å²) in [5.41, 5.74) is 0.270. The van der Waals surface area contributed by atoms with Crippen LogP contribution in [0.4, 0.5) is 0 Å². The summed E-state index contributed by atoms with van der Waals surface area (Å²) in [6, 6.07) is 0. The molecule has 0 aliphatic carbocycles. The second-order valence-electron chi connectivity index (χ2n) is 6.93. The highest BCUT2D eigenvalue weighted by molar-refractivity contribution is 5.85. The molecule has 2 aromatic heterocycles. The predicted molar refractivity (Wildman–Crippen MR) is 107 cm³/mol. The number of halogens is 1. The third-order valence-electron chi connectivity index (χ3n) is 5.19. The van der Waals surface area contributed by atoms with Crippen LogP contribution in [0.1, 0.15) is 12.8 Å². The third kappa shape index (κ3) is 4.60. The van der Waals surface area contributed by atoms with Gasteiger partial charge in [-0.25, -0.2) is 9.78 Å². The van der Waals surface area contributed by atoms with E-state index in [0.29, 0.717) is 17.7 Å². The van der Waals surface area contributed by atoms with Crippen LogP contribution in [0.5, 0.6) is 0 Å². The first kappa shape index (κ1) is 21.6. The summed E-state index contributed by atoms with van der Waals surface area (Å²) in [4.78, 5) is 33.4. The van der Waals surface area contributed by atoms with Gasteiger partial charge in [0, 0.05) is 40.3 Å². The zero-order chi connectivity index (χ0) is 18.7. The number of nitrogens with zero attached hydrogens (tertiary/aromatic N) is 6. The van der Waals surface area contributed by atoms with Gasteiger partial charge in [0.15, 0.2) is 11.2 Å². The minimum Gasteiger partial charge on any atom is -0.395 e. The van der Waals surface area contributed by atoms with E-state index in [1.54, 1.807) is 13.4 Å². The number of hydrogen-bond donors (Lipinski definition) is 1. The largest absolute Gasteiger partial charge is 0.395 e. The van der Waals surface area contributed by atoms with Gasteiger partial charge in [0.05, 0.1) is 12.9 Å². The van der Waals surface area contributed by atoms with Crippen LogP contribution in [0, 0.1) is 0 Å². The van der Waals surface area contributed by atoms with Gasteiger partial charge in [-0.2, -0.15) is 0 Å². The first-order valence-electron chi connectivity index (χ1n) is 9.19. The Morgan fingerprint density at radius 1 is 1.00 bits per heavy atom. The molecule has 1 fully saturated rings. The molecule has 10 heteroatoms. The van der Waals surface area contributed by atoms with E-state index < -0.39 is 0 Å². The molecule has 3 heterocycles. The first-order valence-corrected chi connectivity index (χ1v) is 9.19. The van der Waals surface area contributed by atoms with Crippen molar-refractivity contribution in [3.8, 4) is 0 Å². The van der Waals surface area contributed by atoms with Crippen molar-refractivity contribution < 1.29 is 5.11 Å². The quantitative estimate of drug-likeness (QED) is 0.686. The molecule has 152 valence electrons. The van der Waals surface area contributed by atoms with E-state index in [4.69, 9.17) is 5.11 Å². The molecule has 0 spiro atoms. The van der Waals surface area contributed by atoms with Crippen LogP contribution < -0.4 is 11.2 Å². The van der Waals surface area contributed by atoms with Gasteiger partial charge in [-0.1, -0.05) is 0 Å². The van der Waals surface area contributed by atoms with E-state index in [-0.39, 0.29) is 30.3 Å². The Morgan fingerprint density at radius 3 is 2.33 bits per heavy atom. The van der Waals surface area contributed by atoms with Crippen molar-refractivity contribution in [2.75, 3.05) is 45.9 Å². The van der Waals surface area contributed by atoms with Gasteiger partial charge in [0.1, 0.15) is 0 Å². The number of imidazole rings is 1. The smallest absolute Gasteiger partial charge is 0.332 e. The van der Waals surface area contributed by atoms with Gasteiger partial charge >= 0.3 is 5.69 Å². The number of aliphatic hydroxyl groups excluding tert-OH is 1. The number of fused-ring (bicyclic) bond motifs is 1. The number of aryl methyl sites for hydroxylation is 2. The minimum absolute atomic E-state index is 0. The molecule has 0 radical (unpaired) electrons. The van der Waals surface area contributed by atoms with Crippen LogP contribution in [-0.2, 0) is 20.6 Å². The average Bonchev–Trinajstić information content (AvgIpc) is 2.93. The number of β-amino-alcohol motifs (C(OH)–C–C–N with tert-alkyl or cyclic N) is 1. The molecule has 0 saturated carbocycles. The van der Waals surface area contributed by atoms with Gasteiger partial charge in [0.25, 0.3) is 5.56 Å². The Kier molecular flexibility index (Phi) is 7.60. The highest BCUT2D eigenvalue weighted by Gasteiger charge is 2.16. The lowest BCUT2D eigenvalue weighted by molar-refractivity contribution is 0.196. The number of aliphatic hydroxyl groups is 1. The molecule has 0 amide bonds. The minimum atomic E-state index is -0.357. The van der Waals surface area contributed by atoms with Crippen molar-refractivity contribution in [3.63, 3.8) is 0 Å². The van der Waals surface area contributed by atoms with Gasteiger partial charge < -0.3 is 14.6 Å². The second kappa shape index (κ2) is 9.50. The van der Waals surface area contributed by atoms with Crippen LogP contribution in [0.15, 0.2) is 15.9 Å². The molecule has 1 N–H and O–H groups in total. The molecule has 0 aromatic carbocycles. The maximum atomic E-state index is 12.4. The summed E-state index contributed by atoms with van der Waals surface area (Å²) in [7, 11) is 3.13. The lowest BCUT2D eigenvalue weighted by atomic mass is 10.3. The summed E-state index contributed by atoms with van der Waals surface area (Å²) in [6.45, 7) is 6.69. The maximum absolute atomic E-state index is 12.4. The summed E-state index contributed by atoms with van der Waals surface area (Å²) >= 11 is 0. The van der Waals surface area contributed by atoms with Crippen molar-refractivity contribution in [2.24, 2.45) is 14.1 Å². The fraction of sp³-hybridized carbons (Fsp3) is 0.706. The van der Waals surface area contributed by atoms with Gasteiger partial charge in [-0.05, 0) is 32.5 Å². The molecule has 9 nitrogen and oxygen atoms in total. The molecular formula is C17H29ClN6O3. The van der Waals surface area contributed by atoms with Crippen LogP contribution in [0.2, 0.25) is 0 Å². The Balaban J connectivity index is 0.00000261. The molecule has 0 bridgehead atoms. The molecule has 0 atom stereocenters. The van der Waals surface area contributed by atoms with Gasteiger partial charge in [-0.3, -0.25) is 18.8 Å². The highest BCUT2D eigenvalue weighted by atomic mass is 35.5. The van der Waals surface area contributed by atoms with Crippen molar-refractivity contribution >= 4 is 23.6 Å². The zero-order valence-corrected chi connectivity index (χ0v) is 16.8. The summed E-state index contributed by atoms with van der Waals surface area (Å²) in [5, 5.41) is 9.08. The van der Waals surface area contributed by atoms with E-state index in [1.807, 2.05) is 4.57 Å². The van der Waals surface area contributed by atoms with Crippen LogP contribution in [0.25, 0.3) is 11.2 Å². The fourth-order valence-corrected chi connectivity index (χ4v) is 3.64. The molecule has 1 saturated heterocycles. The van der Waals surface area contributed by atoms with E-state index in [1.165, 1.54) is 11.6 Å². The molecule has 3 rings (SSSR count). The number of rotatable bonds is 6. The molecular weight excluding hydrogens is 372 g/mol. The fourth-order valence-electron chi connectivity index (χ4n) is 3.64. The van der Waals surface area contributed by atoms with Crippen molar-refractivity contribution in [1.82, 2.24) is 28.5 Å². The third-order valence-corrected chi connectivity index (χ3v) is 5.19. The lowest BCUT2D eigenvalue weighted by Crippen LogP contribution is -2.37. The van der Waals surface area contributed by atoms with Crippen LogP contribution in [-0.4, -0.2) is 79.5 Å². The predicted octanol–water partition coefficient (Wildman–Crippen LogP) is -0.754. The highest BCUT2D eigenvalue weighted by Crippen LogP contribution is 2.08. The molecule has 1 aliphatic rings. The van der Waals surface area contributed by atoms with E-state index in [0.717, 1.165) is 56.7 Å². The van der Waals surface area contributed by atoms with E-state index in [2.05, 4.69) is 14.8 Å². The van der Waals surface area contributed by atoms with E-state index in [9.17, 15) is 9.59 Å². The van der Waals surface area contributed by atoms with Crippen molar-refractivity contribution in [3.05, 3.63) is 27.2 Å². The zero-order valence-electron chi connectivity index (χ0n) is 16.0. The normalized spacial score (nSPS) is 16.4. The SMILES string of the molecule is Cl.Cn1c(=O)c2c(ncn2CCCN2CCCN(CCO)CC2)n(C)c1=O. The van der Waals surface area contributed by atoms with Crippen molar-refractivity contribution in [1.29, 1.82) is 0 Å².